The Kier molecular flexibility index (Phi) is 5.44. The van der Waals surface area contributed by atoms with Gasteiger partial charge in [-0.05, 0) is 42.0 Å². The number of halogens is 1. The number of ether oxygens (including phenoxy) is 1. The lowest BCUT2D eigenvalue weighted by Crippen LogP contribution is -2.42. The Balaban J connectivity index is 1.68. The summed E-state index contributed by atoms with van der Waals surface area (Å²) in [6.45, 7) is 4.85. The van der Waals surface area contributed by atoms with E-state index in [2.05, 4.69) is 44.6 Å². The lowest BCUT2D eigenvalue weighted by atomic mass is 10.2. The number of hydrogen-bond donors (Lipinski definition) is 1. The second kappa shape index (κ2) is 6.85. The van der Waals surface area contributed by atoms with Crippen molar-refractivity contribution in [2.75, 3.05) is 33.4 Å². The Morgan fingerprint density at radius 3 is 3.18 bits per heavy atom. The molecule has 96 valence electrons. The Labute approximate surface area is 115 Å². The van der Waals surface area contributed by atoms with Crippen LogP contribution in [0.1, 0.15) is 11.3 Å². The van der Waals surface area contributed by atoms with Gasteiger partial charge in [-0.25, -0.2) is 0 Å². The molecule has 17 heavy (non-hydrogen) atoms. The molecule has 1 aromatic rings. The summed E-state index contributed by atoms with van der Waals surface area (Å²) in [5, 5.41) is 5.62. The summed E-state index contributed by atoms with van der Waals surface area (Å²) in [6, 6.07) is 2.73. The summed E-state index contributed by atoms with van der Waals surface area (Å²) in [4.78, 5) is 3.78. The Morgan fingerprint density at radius 1 is 1.65 bits per heavy atom. The molecule has 0 aromatic carbocycles. The number of nitrogens with one attached hydrogen (secondary N) is 1. The van der Waals surface area contributed by atoms with Crippen molar-refractivity contribution in [2.45, 2.75) is 19.0 Å². The maximum atomic E-state index is 5.45. The Bertz CT molecular complexity index is 339. The molecule has 1 aromatic heterocycles. The smallest absolute Gasteiger partial charge is 0.0620 e. The van der Waals surface area contributed by atoms with Crippen LogP contribution in [0.5, 0.6) is 0 Å². The minimum Gasteiger partial charge on any atom is -0.379 e. The molecule has 1 unspecified atom stereocenters. The molecule has 1 aliphatic heterocycles. The molecule has 0 spiro atoms. The predicted octanol–water partition coefficient (Wildman–Crippen LogP) is 2.32. The van der Waals surface area contributed by atoms with E-state index >= 15 is 0 Å². The molecule has 1 N–H and O–H groups in total. The second-order valence-electron chi connectivity index (χ2n) is 4.48. The van der Waals surface area contributed by atoms with Crippen LogP contribution >= 0.6 is 27.3 Å². The van der Waals surface area contributed by atoms with E-state index in [0.717, 1.165) is 39.3 Å². The van der Waals surface area contributed by atoms with Crippen molar-refractivity contribution in [3.05, 3.63) is 20.8 Å². The molecule has 3 nitrogen and oxygen atoms in total. The fraction of sp³-hybridized carbons (Fsp3) is 0.667. The number of hydrogen-bond acceptors (Lipinski definition) is 4. The third-order valence-electron chi connectivity index (χ3n) is 2.91. The first-order valence-electron chi connectivity index (χ1n) is 5.96. The van der Waals surface area contributed by atoms with E-state index in [4.69, 9.17) is 4.74 Å². The fourth-order valence-corrected chi connectivity index (χ4v) is 3.49. The molecule has 5 heteroatoms. The molecule has 1 atom stereocenters. The molecule has 2 rings (SSSR count). The summed E-state index contributed by atoms with van der Waals surface area (Å²) in [6.07, 6.45) is 1.16. The maximum absolute atomic E-state index is 5.45. The molecule has 0 bridgehead atoms. The van der Waals surface area contributed by atoms with Gasteiger partial charge in [-0.1, -0.05) is 0 Å². The van der Waals surface area contributed by atoms with Gasteiger partial charge in [-0.2, -0.15) is 0 Å². The van der Waals surface area contributed by atoms with E-state index in [-0.39, 0.29) is 0 Å². The normalized spacial score (nSPS) is 21.0. The van der Waals surface area contributed by atoms with Crippen molar-refractivity contribution >= 4 is 27.3 Å². The highest BCUT2D eigenvalue weighted by molar-refractivity contribution is 9.10. The average Bonchev–Trinajstić information content (AvgIpc) is 2.73. The Hall–Kier alpha value is 0.0600. The fourth-order valence-electron chi connectivity index (χ4n) is 1.96. The topological polar surface area (TPSA) is 24.5 Å². The van der Waals surface area contributed by atoms with Crippen LogP contribution in [0.25, 0.3) is 0 Å². The van der Waals surface area contributed by atoms with E-state index in [1.165, 1.54) is 9.35 Å². The van der Waals surface area contributed by atoms with Crippen molar-refractivity contribution in [3.8, 4) is 0 Å². The highest BCUT2D eigenvalue weighted by Gasteiger charge is 2.13. The summed E-state index contributed by atoms with van der Waals surface area (Å²) in [5.41, 5.74) is 0. The molecule has 2 heterocycles. The molecule has 1 fully saturated rings. The van der Waals surface area contributed by atoms with Crippen molar-refractivity contribution in [3.63, 3.8) is 0 Å². The summed E-state index contributed by atoms with van der Waals surface area (Å²) >= 11 is 5.30. The number of thiophene rings is 1. The van der Waals surface area contributed by atoms with Gasteiger partial charge in [0.2, 0.25) is 0 Å². The van der Waals surface area contributed by atoms with Gasteiger partial charge in [0.15, 0.2) is 0 Å². The minimum atomic E-state index is 0.529. The quantitative estimate of drug-likeness (QED) is 0.901. The van der Waals surface area contributed by atoms with Crippen LogP contribution in [0.2, 0.25) is 0 Å². The van der Waals surface area contributed by atoms with E-state index in [9.17, 15) is 0 Å². The van der Waals surface area contributed by atoms with E-state index in [0.29, 0.717) is 6.04 Å². The van der Waals surface area contributed by atoms with Gasteiger partial charge >= 0.3 is 0 Å². The van der Waals surface area contributed by atoms with Crippen LogP contribution in [0.15, 0.2) is 15.9 Å². The monoisotopic (exact) mass is 318 g/mol. The van der Waals surface area contributed by atoms with Gasteiger partial charge in [0.1, 0.15) is 0 Å². The van der Waals surface area contributed by atoms with Crippen LogP contribution in [-0.4, -0.2) is 44.3 Å². The zero-order valence-electron chi connectivity index (χ0n) is 10.1. The zero-order chi connectivity index (χ0) is 12.1. The first-order chi connectivity index (χ1) is 8.24. The molecule has 0 radical (unpaired) electrons. The molecule has 1 saturated heterocycles. The van der Waals surface area contributed by atoms with Crippen LogP contribution in [0.3, 0.4) is 0 Å². The van der Waals surface area contributed by atoms with Crippen molar-refractivity contribution in [2.24, 2.45) is 0 Å². The van der Waals surface area contributed by atoms with E-state index in [1.54, 1.807) is 0 Å². The van der Waals surface area contributed by atoms with Gasteiger partial charge < -0.3 is 15.0 Å². The molecule has 0 saturated carbocycles. The predicted molar refractivity (Wildman–Crippen MR) is 75.6 cm³/mol. The number of morpholine rings is 1. The van der Waals surface area contributed by atoms with Crippen LogP contribution in [-0.2, 0) is 11.3 Å². The standard InChI is InChI=1S/C12H19BrN2OS/c1-15(7-12-6-10(13)9-17-12)4-2-11-8-16-5-3-14-11/h6,9,11,14H,2-5,7-8H2,1H3. The molecular weight excluding hydrogens is 300 g/mol. The molecule has 0 amide bonds. The number of rotatable bonds is 5. The summed E-state index contributed by atoms with van der Waals surface area (Å²) < 4.78 is 6.64. The van der Waals surface area contributed by atoms with Crippen LogP contribution in [0, 0.1) is 0 Å². The van der Waals surface area contributed by atoms with Gasteiger partial charge in [0.25, 0.3) is 0 Å². The van der Waals surface area contributed by atoms with Gasteiger partial charge in [0, 0.05) is 33.9 Å². The third kappa shape index (κ3) is 4.67. The zero-order valence-corrected chi connectivity index (χ0v) is 12.5. The highest BCUT2D eigenvalue weighted by Crippen LogP contribution is 2.20. The first kappa shape index (κ1) is 13.5. The van der Waals surface area contributed by atoms with E-state index in [1.807, 2.05) is 11.3 Å². The van der Waals surface area contributed by atoms with E-state index < -0.39 is 0 Å². The Morgan fingerprint density at radius 2 is 2.53 bits per heavy atom. The van der Waals surface area contributed by atoms with Crippen LogP contribution < -0.4 is 5.32 Å². The lowest BCUT2D eigenvalue weighted by Gasteiger charge is -2.25. The van der Waals surface area contributed by atoms with Crippen molar-refractivity contribution < 1.29 is 4.74 Å². The average molecular weight is 319 g/mol. The largest absolute Gasteiger partial charge is 0.379 e. The first-order valence-corrected chi connectivity index (χ1v) is 7.64. The molecular formula is C12H19BrN2OS. The maximum Gasteiger partial charge on any atom is 0.0620 e. The summed E-state index contributed by atoms with van der Waals surface area (Å²) in [5.74, 6) is 0. The van der Waals surface area contributed by atoms with Crippen LogP contribution in [0.4, 0.5) is 0 Å². The third-order valence-corrected chi connectivity index (χ3v) is 4.59. The van der Waals surface area contributed by atoms with Crippen molar-refractivity contribution in [1.29, 1.82) is 0 Å². The van der Waals surface area contributed by atoms with Gasteiger partial charge in [-0.3, -0.25) is 0 Å². The molecule has 0 aliphatic carbocycles. The lowest BCUT2D eigenvalue weighted by molar-refractivity contribution is 0.0708. The minimum absolute atomic E-state index is 0.529. The van der Waals surface area contributed by atoms with Crippen molar-refractivity contribution in [1.82, 2.24) is 10.2 Å². The second-order valence-corrected chi connectivity index (χ2v) is 6.40. The van der Waals surface area contributed by atoms with Gasteiger partial charge in [0.05, 0.1) is 13.2 Å². The molecule has 1 aliphatic rings. The number of nitrogens with zero attached hydrogens (tertiary/aromatic N) is 1. The summed E-state index contributed by atoms with van der Waals surface area (Å²) in [7, 11) is 2.18. The van der Waals surface area contributed by atoms with Gasteiger partial charge in [-0.15, -0.1) is 11.3 Å². The SMILES string of the molecule is CN(CCC1COCCN1)Cc1cc(Br)cs1. The highest BCUT2D eigenvalue weighted by atomic mass is 79.9.